The molecule has 0 fully saturated rings. The van der Waals surface area contributed by atoms with Crippen molar-refractivity contribution in [2.45, 2.75) is 193 Å². The fourth-order valence-electron chi connectivity index (χ4n) is 6.15. The standard InChI is InChI=1S/C47H87N2O6P/c1-6-8-10-12-14-16-18-20-22-24-26-28-30-32-34-36-38-40-46(50)45(44-55-56(52,53)54-43-42-49(3,4)5)48-47(51)41-39-37-35-33-31-29-27-25-23-21-19-17-15-13-11-9-7-2/h9,11,15,17,21,23,27,29,38,40,45-46,50H,6-8,10,12-14,16,18-20,22,24-26,28,30-37,39,41-44H2,1-5H3,(H-,48,51,52,53)/p+1/b11-9-,17-15-,23-21-,29-27-,40-38+. The summed E-state index contributed by atoms with van der Waals surface area (Å²) >= 11 is 0. The number of hydrogen-bond donors (Lipinski definition) is 3. The highest BCUT2D eigenvalue weighted by Gasteiger charge is 2.27. The number of nitrogens with zero attached hydrogens (tertiary/aromatic N) is 1. The minimum atomic E-state index is -4.35. The molecule has 3 N–H and O–H groups in total. The number of rotatable bonds is 40. The normalized spacial score (nSPS) is 14.9. The number of hydrogen-bond acceptors (Lipinski definition) is 5. The summed E-state index contributed by atoms with van der Waals surface area (Å²) in [4.78, 5) is 23.1. The number of carbonyl (C=O) groups is 1. The summed E-state index contributed by atoms with van der Waals surface area (Å²) in [7, 11) is 1.55. The van der Waals surface area contributed by atoms with Crippen molar-refractivity contribution in [3.05, 3.63) is 60.8 Å². The number of allylic oxidation sites excluding steroid dienone is 9. The minimum absolute atomic E-state index is 0.0539. The Bertz CT molecular complexity index is 1100. The van der Waals surface area contributed by atoms with Gasteiger partial charge in [0.1, 0.15) is 13.2 Å². The van der Waals surface area contributed by atoms with E-state index in [1.165, 1.54) is 83.5 Å². The fourth-order valence-corrected chi connectivity index (χ4v) is 6.88. The molecule has 0 aromatic rings. The third-order valence-corrected chi connectivity index (χ3v) is 10.7. The molecule has 0 saturated carbocycles. The second-order valence-electron chi connectivity index (χ2n) is 16.4. The maximum atomic E-state index is 12.9. The van der Waals surface area contributed by atoms with Crippen LogP contribution in [0.25, 0.3) is 0 Å². The number of phosphoric acid groups is 1. The van der Waals surface area contributed by atoms with Crippen LogP contribution in [0.5, 0.6) is 0 Å². The lowest BCUT2D eigenvalue weighted by Crippen LogP contribution is -2.45. The van der Waals surface area contributed by atoms with Crippen molar-refractivity contribution in [2.24, 2.45) is 0 Å². The summed E-state index contributed by atoms with van der Waals surface area (Å²) in [6.07, 6.45) is 50.0. The van der Waals surface area contributed by atoms with E-state index in [1.54, 1.807) is 6.08 Å². The number of unbranched alkanes of at least 4 members (excludes halogenated alkanes) is 19. The maximum absolute atomic E-state index is 12.9. The van der Waals surface area contributed by atoms with E-state index in [2.05, 4.69) is 67.8 Å². The van der Waals surface area contributed by atoms with E-state index in [1.807, 2.05) is 27.2 Å². The Balaban J connectivity index is 4.48. The lowest BCUT2D eigenvalue weighted by Gasteiger charge is -2.25. The van der Waals surface area contributed by atoms with Crippen LogP contribution >= 0.6 is 7.82 Å². The summed E-state index contributed by atoms with van der Waals surface area (Å²) in [5.41, 5.74) is 0. The van der Waals surface area contributed by atoms with E-state index in [-0.39, 0.29) is 19.1 Å². The lowest BCUT2D eigenvalue weighted by molar-refractivity contribution is -0.870. The van der Waals surface area contributed by atoms with E-state index in [0.29, 0.717) is 17.4 Å². The largest absolute Gasteiger partial charge is 0.472 e. The first-order chi connectivity index (χ1) is 27.0. The van der Waals surface area contributed by atoms with Gasteiger partial charge in [-0.15, -0.1) is 0 Å². The van der Waals surface area contributed by atoms with Gasteiger partial charge in [-0.05, 0) is 57.8 Å². The minimum Gasteiger partial charge on any atom is -0.387 e. The molecule has 0 rings (SSSR count). The Kier molecular flexibility index (Phi) is 37.5. The van der Waals surface area contributed by atoms with Crippen molar-refractivity contribution < 1.29 is 32.9 Å². The summed E-state index contributed by atoms with van der Waals surface area (Å²) in [5.74, 6) is -0.203. The highest BCUT2D eigenvalue weighted by Crippen LogP contribution is 2.43. The van der Waals surface area contributed by atoms with Gasteiger partial charge < -0.3 is 19.8 Å². The molecule has 0 heterocycles. The van der Waals surface area contributed by atoms with Crippen LogP contribution in [0.3, 0.4) is 0 Å². The van der Waals surface area contributed by atoms with Crippen molar-refractivity contribution in [3.8, 4) is 0 Å². The van der Waals surface area contributed by atoms with Crippen LogP contribution < -0.4 is 5.32 Å². The molecule has 9 heteroatoms. The van der Waals surface area contributed by atoms with Gasteiger partial charge in [-0.25, -0.2) is 4.57 Å². The average Bonchev–Trinajstić information content (AvgIpc) is 3.15. The van der Waals surface area contributed by atoms with Crippen LogP contribution in [-0.2, 0) is 18.4 Å². The zero-order chi connectivity index (χ0) is 41.4. The van der Waals surface area contributed by atoms with Gasteiger partial charge in [0.05, 0.1) is 39.9 Å². The van der Waals surface area contributed by atoms with Gasteiger partial charge in [0.2, 0.25) is 5.91 Å². The van der Waals surface area contributed by atoms with Gasteiger partial charge >= 0.3 is 7.82 Å². The van der Waals surface area contributed by atoms with Crippen LogP contribution in [0, 0.1) is 0 Å². The van der Waals surface area contributed by atoms with Crippen molar-refractivity contribution in [3.63, 3.8) is 0 Å². The van der Waals surface area contributed by atoms with E-state index < -0.39 is 20.0 Å². The SMILES string of the molecule is CC/C=C\C/C=C\C/C=C\C/C=C\CCCCCCC(=O)NC(COP(=O)(O)OCC[N+](C)(C)C)C(O)/C=C/CCCCCCCCCCCCCCCCC. The molecular weight excluding hydrogens is 719 g/mol. The Morgan fingerprint density at radius 1 is 0.625 bits per heavy atom. The molecular formula is C47H88N2O6P+. The Morgan fingerprint density at radius 3 is 1.57 bits per heavy atom. The number of carbonyl (C=O) groups excluding carboxylic acids is 1. The molecule has 0 aromatic heterocycles. The topological polar surface area (TPSA) is 105 Å². The Morgan fingerprint density at radius 2 is 1.07 bits per heavy atom. The molecule has 3 unspecified atom stereocenters. The van der Waals surface area contributed by atoms with Crippen LogP contribution in [0.2, 0.25) is 0 Å². The number of quaternary nitrogens is 1. The van der Waals surface area contributed by atoms with E-state index in [9.17, 15) is 19.4 Å². The predicted molar refractivity (Wildman–Crippen MR) is 240 cm³/mol. The molecule has 0 spiro atoms. The number of amides is 1. The molecule has 0 aliphatic rings. The first kappa shape index (κ1) is 54.2. The molecule has 0 aliphatic heterocycles. The molecule has 1 amide bonds. The quantitative estimate of drug-likeness (QED) is 0.0246. The fraction of sp³-hybridized carbons (Fsp3) is 0.766. The van der Waals surface area contributed by atoms with Gasteiger partial charge in [0, 0.05) is 6.42 Å². The van der Waals surface area contributed by atoms with Crippen molar-refractivity contribution >= 4 is 13.7 Å². The first-order valence-electron chi connectivity index (χ1n) is 22.7. The zero-order valence-electron chi connectivity index (χ0n) is 36.9. The Hall–Kier alpha value is -1.80. The highest BCUT2D eigenvalue weighted by molar-refractivity contribution is 7.47. The Labute approximate surface area is 345 Å². The van der Waals surface area contributed by atoms with E-state index >= 15 is 0 Å². The molecule has 0 bridgehead atoms. The molecule has 326 valence electrons. The predicted octanol–water partition coefficient (Wildman–Crippen LogP) is 12.6. The van der Waals surface area contributed by atoms with Gasteiger partial charge in [-0.1, -0.05) is 177 Å². The molecule has 0 aliphatic carbocycles. The van der Waals surface area contributed by atoms with Gasteiger partial charge in [0.15, 0.2) is 0 Å². The highest BCUT2D eigenvalue weighted by atomic mass is 31.2. The second kappa shape index (κ2) is 38.7. The summed E-state index contributed by atoms with van der Waals surface area (Å²) < 4.78 is 23.6. The van der Waals surface area contributed by atoms with Crippen molar-refractivity contribution in [1.29, 1.82) is 0 Å². The second-order valence-corrected chi connectivity index (χ2v) is 17.9. The number of aliphatic hydroxyl groups excluding tert-OH is 1. The zero-order valence-corrected chi connectivity index (χ0v) is 37.8. The number of aliphatic hydroxyl groups is 1. The van der Waals surface area contributed by atoms with Crippen molar-refractivity contribution in [2.75, 3.05) is 40.9 Å². The molecule has 0 aromatic carbocycles. The number of likely N-dealkylation sites (N-methyl/N-ethyl adjacent to an activating group) is 1. The van der Waals surface area contributed by atoms with Gasteiger partial charge in [-0.3, -0.25) is 13.8 Å². The van der Waals surface area contributed by atoms with Gasteiger partial charge in [0.25, 0.3) is 0 Å². The summed E-state index contributed by atoms with van der Waals surface area (Å²) in [5, 5.41) is 13.8. The third kappa shape index (κ3) is 40.4. The smallest absolute Gasteiger partial charge is 0.387 e. The number of nitrogens with one attached hydrogen (secondary N) is 1. The molecule has 0 saturated heterocycles. The van der Waals surface area contributed by atoms with Crippen LogP contribution in [0.15, 0.2) is 60.8 Å². The monoisotopic (exact) mass is 808 g/mol. The number of phosphoric ester groups is 1. The van der Waals surface area contributed by atoms with Gasteiger partial charge in [-0.2, -0.15) is 0 Å². The molecule has 0 radical (unpaired) electrons. The maximum Gasteiger partial charge on any atom is 0.472 e. The van der Waals surface area contributed by atoms with Crippen molar-refractivity contribution in [1.82, 2.24) is 5.32 Å². The summed E-state index contributed by atoms with van der Waals surface area (Å²) in [6, 6.07) is -0.861. The molecule has 56 heavy (non-hydrogen) atoms. The van der Waals surface area contributed by atoms with E-state index in [4.69, 9.17) is 9.05 Å². The average molecular weight is 808 g/mol. The van der Waals surface area contributed by atoms with Crippen LogP contribution in [-0.4, -0.2) is 73.4 Å². The molecule has 8 nitrogen and oxygen atoms in total. The summed E-state index contributed by atoms with van der Waals surface area (Å²) in [6.45, 7) is 4.67. The third-order valence-electron chi connectivity index (χ3n) is 9.74. The first-order valence-corrected chi connectivity index (χ1v) is 24.2. The lowest BCUT2D eigenvalue weighted by atomic mass is 10.0. The van der Waals surface area contributed by atoms with Crippen LogP contribution in [0.4, 0.5) is 0 Å². The molecule has 3 atom stereocenters. The van der Waals surface area contributed by atoms with E-state index in [0.717, 1.165) is 77.0 Å². The van der Waals surface area contributed by atoms with Crippen LogP contribution in [0.1, 0.15) is 181 Å².